The van der Waals surface area contributed by atoms with Gasteiger partial charge in [0.2, 0.25) is 11.8 Å². The number of hydrogen-bond donors (Lipinski definition) is 2. The number of carbonyl (C=O) groups excluding carboxylic acids is 4. The van der Waals surface area contributed by atoms with Crippen LogP contribution in [0.3, 0.4) is 0 Å². The molecule has 11 nitrogen and oxygen atoms in total. The molecule has 1 saturated heterocycles. The summed E-state index contributed by atoms with van der Waals surface area (Å²) in [4.78, 5) is 56.6. The SMILES string of the molecule is CN1C[C@@H](NC(=O)OCc2ccccc2)C(=O)N(C)CC(=O)N2C[C@@H](N)C[C@H]2COc2cccc(c2)C1=O. The van der Waals surface area contributed by atoms with Crippen LogP contribution in [0.5, 0.6) is 5.75 Å². The molecule has 202 valence electrons. The van der Waals surface area contributed by atoms with E-state index in [0.29, 0.717) is 24.3 Å². The van der Waals surface area contributed by atoms with Crippen LogP contribution in [0.2, 0.25) is 0 Å². The van der Waals surface area contributed by atoms with Gasteiger partial charge in [-0.3, -0.25) is 14.4 Å². The Morgan fingerprint density at radius 1 is 1.05 bits per heavy atom. The highest BCUT2D eigenvalue weighted by Crippen LogP contribution is 2.21. The Balaban J connectivity index is 1.56. The fraction of sp³-hybridized carbons (Fsp3) is 0.407. The molecule has 3 atom stereocenters. The molecular formula is C27H33N5O6. The van der Waals surface area contributed by atoms with Crippen LogP contribution in [0, 0.1) is 0 Å². The van der Waals surface area contributed by atoms with Crippen LogP contribution in [0.4, 0.5) is 4.79 Å². The van der Waals surface area contributed by atoms with Crippen LogP contribution < -0.4 is 15.8 Å². The predicted octanol–water partition coefficient (Wildman–Crippen LogP) is 0.833. The molecule has 3 N–H and O–H groups in total. The zero-order valence-corrected chi connectivity index (χ0v) is 21.5. The van der Waals surface area contributed by atoms with Crippen LogP contribution in [-0.2, 0) is 20.9 Å². The van der Waals surface area contributed by atoms with Gasteiger partial charge in [-0.05, 0) is 30.2 Å². The summed E-state index contributed by atoms with van der Waals surface area (Å²) < 4.78 is 11.2. The quantitative estimate of drug-likeness (QED) is 0.609. The topological polar surface area (TPSA) is 135 Å². The number of hydrogen-bond acceptors (Lipinski definition) is 7. The van der Waals surface area contributed by atoms with Crippen molar-refractivity contribution >= 4 is 23.8 Å². The van der Waals surface area contributed by atoms with E-state index in [1.807, 2.05) is 30.3 Å². The highest BCUT2D eigenvalue weighted by Gasteiger charge is 2.36. The summed E-state index contributed by atoms with van der Waals surface area (Å²) in [7, 11) is 3.02. The van der Waals surface area contributed by atoms with Crippen molar-refractivity contribution in [3.63, 3.8) is 0 Å². The number of ether oxygens (including phenoxy) is 2. The number of nitrogens with two attached hydrogens (primary N) is 1. The van der Waals surface area contributed by atoms with Gasteiger partial charge in [0.15, 0.2) is 0 Å². The number of nitrogens with zero attached hydrogens (tertiary/aromatic N) is 3. The zero-order chi connectivity index (χ0) is 27.2. The van der Waals surface area contributed by atoms with Gasteiger partial charge in [-0.2, -0.15) is 0 Å². The first-order valence-corrected chi connectivity index (χ1v) is 12.5. The molecule has 2 aromatic rings. The van der Waals surface area contributed by atoms with E-state index in [1.165, 1.54) is 23.9 Å². The van der Waals surface area contributed by atoms with Gasteiger partial charge in [-0.15, -0.1) is 0 Å². The van der Waals surface area contributed by atoms with Gasteiger partial charge in [0.05, 0.1) is 19.1 Å². The molecule has 0 spiro atoms. The average Bonchev–Trinajstić information content (AvgIpc) is 3.30. The molecule has 38 heavy (non-hydrogen) atoms. The van der Waals surface area contributed by atoms with Crippen molar-refractivity contribution < 1.29 is 28.7 Å². The number of alkyl carbamates (subject to hydrolysis) is 1. The second-order valence-electron chi connectivity index (χ2n) is 9.67. The number of rotatable bonds is 3. The largest absolute Gasteiger partial charge is 0.491 e. The highest BCUT2D eigenvalue weighted by atomic mass is 16.5. The molecule has 2 aromatic carbocycles. The minimum absolute atomic E-state index is 0.0140. The van der Waals surface area contributed by atoms with E-state index in [0.717, 1.165) is 5.56 Å². The second kappa shape index (κ2) is 12.0. The number of carbonyl (C=O) groups is 4. The van der Waals surface area contributed by atoms with Crippen molar-refractivity contribution in [1.29, 1.82) is 0 Å². The highest BCUT2D eigenvalue weighted by molar-refractivity contribution is 5.95. The van der Waals surface area contributed by atoms with Gasteiger partial charge in [0.1, 0.15) is 25.0 Å². The molecule has 0 unspecified atom stereocenters. The Kier molecular flexibility index (Phi) is 8.47. The van der Waals surface area contributed by atoms with Crippen LogP contribution in [0.1, 0.15) is 22.3 Å². The lowest BCUT2D eigenvalue weighted by Gasteiger charge is -2.30. The van der Waals surface area contributed by atoms with Crippen molar-refractivity contribution in [2.75, 3.05) is 40.3 Å². The van der Waals surface area contributed by atoms with Crippen LogP contribution in [0.25, 0.3) is 0 Å². The van der Waals surface area contributed by atoms with E-state index in [9.17, 15) is 19.2 Å². The first-order valence-electron chi connectivity index (χ1n) is 12.5. The molecule has 0 aliphatic carbocycles. The lowest BCUT2D eigenvalue weighted by Crippen LogP contribution is -2.55. The van der Waals surface area contributed by atoms with Crippen molar-refractivity contribution in [3.05, 3.63) is 65.7 Å². The molecule has 0 radical (unpaired) electrons. The Bertz CT molecular complexity index is 1180. The maximum absolute atomic E-state index is 13.4. The lowest BCUT2D eigenvalue weighted by atomic mass is 10.1. The Morgan fingerprint density at radius 3 is 2.58 bits per heavy atom. The molecule has 4 rings (SSSR count). The van der Waals surface area contributed by atoms with Crippen molar-refractivity contribution in [2.24, 2.45) is 5.73 Å². The number of amides is 4. The monoisotopic (exact) mass is 523 g/mol. The van der Waals surface area contributed by atoms with E-state index >= 15 is 0 Å². The van der Waals surface area contributed by atoms with Gasteiger partial charge in [0.25, 0.3) is 5.91 Å². The van der Waals surface area contributed by atoms with Gasteiger partial charge in [0, 0.05) is 32.2 Å². The standard InChI is InChI=1S/C27H33N5O6/c1-30-14-23(29-27(36)38-16-18-7-4-3-5-8-18)26(35)31(2)15-24(33)32-13-20(28)12-21(32)17-37-22-10-6-9-19(11-22)25(30)34/h3-11,20-21,23H,12-17,28H2,1-2H3,(H,29,36)/t20-,21-,23+/m0/s1. The van der Waals surface area contributed by atoms with Crippen molar-refractivity contribution in [3.8, 4) is 5.75 Å². The minimum atomic E-state index is -1.15. The summed E-state index contributed by atoms with van der Waals surface area (Å²) in [6, 6.07) is 14.2. The van der Waals surface area contributed by atoms with Crippen LogP contribution >= 0.6 is 0 Å². The Labute approximate surface area is 221 Å². The summed E-state index contributed by atoms with van der Waals surface area (Å²) in [5.41, 5.74) is 7.28. The van der Waals surface area contributed by atoms with Crippen LogP contribution in [-0.4, -0.2) is 97.0 Å². The first kappa shape index (κ1) is 26.9. The normalized spacial score (nSPS) is 22.8. The predicted molar refractivity (Wildman–Crippen MR) is 138 cm³/mol. The van der Waals surface area contributed by atoms with Crippen molar-refractivity contribution in [1.82, 2.24) is 20.0 Å². The summed E-state index contributed by atoms with van der Waals surface area (Å²) in [6.07, 6.45) is -0.256. The van der Waals surface area contributed by atoms with Gasteiger partial charge in [-0.1, -0.05) is 36.4 Å². The fourth-order valence-electron chi connectivity index (χ4n) is 4.64. The summed E-state index contributed by atoms with van der Waals surface area (Å²) in [6.45, 7) is 0.218. The van der Waals surface area contributed by atoms with E-state index in [2.05, 4.69) is 5.32 Å². The zero-order valence-electron chi connectivity index (χ0n) is 21.5. The Morgan fingerprint density at radius 2 is 1.82 bits per heavy atom. The van der Waals surface area contributed by atoms with Gasteiger partial charge in [-0.25, -0.2) is 4.79 Å². The van der Waals surface area contributed by atoms with Crippen LogP contribution in [0.15, 0.2) is 54.6 Å². The van der Waals surface area contributed by atoms with Gasteiger partial charge >= 0.3 is 6.09 Å². The summed E-state index contributed by atoms with van der Waals surface area (Å²) >= 11 is 0. The number of benzene rings is 2. The summed E-state index contributed by atoms with van der Waals surface area (Å²) in [5, 5.41) is 2.57. The molecular weight excluding hydrogens is 490 g/mol. The fourth-order valence-corrected chi connectivity index (χ4v) is 4.64. The third-order valence-corrected chi connectivity index (χ3v) is 6.65. The minimum Gasteiger partial charge on any atom is -0.491 e. The van der Waals surface area contributed by atoms with E-state index in [1.54, 1.807) is 29.2 Å². The molecule has 4 amide bonds. The number of likely N-dealkylation sites (N-methyl/N-ethyl adjacent to an activating group) is 2. The summed E-state index contributed by atoms with van der Waals surface area (Å²) in [5.74, 6) is -0.680. The maximum atomic E-state index is 13.4. The van der Waals surface area contributed by atoms with E-state index in [4.69, 9.17) is 15.2 Å². The average molecular weight is 524 g/mol. The maximum Gasteiger partial charge on any atom is 0.408 e. The smallest absolute Gasteiger partial charge is 0.408 e. The molecule has 0 saturated carbocycles. The molecule has 1 fully saturated rings. The van der Waals surface area contributed by atoms with E-state index in [-0.39, 0.29) is 50.2 Å². The van der Waals surface area contributed by atoms with Crippen molar-refractivity contribution in [2.45, 2.75) is 31.2 Å². The third kappa shape index (κ3) is 6.60. The van der Waals surface area contributed by atoms with E-state index < -0.39 is 18.0 Å². The lowest BCUT2D eigenvalue weighted by molar-refractivity contribution is -0.141. The number of fused-ring (bicyclic) bond motifs is 3. The molecule has 2 heterocycles. The molecule has 2 bridgehead atoms. The number of nitrogens with one attached hydrogen (secondary N) is 1. The molecule has 2 aliphatic rings. The Hall–Kier alpha value is -4.12. The van der Waals surface area contributed by atoms with Gasteiger partial charge < -0.3 is 35.2 Å². The third-order valence-electron chi connectivity index (χ3n) is 6.65. The molecule has 0 aromatic heterocycles. The second-order valence-corrected chi connectivity index (χ2v) is 9.67. The first-order chi connectivity index (χ1) is 18.2. The molecule has 2 aliphatic heterocycles. The molecule has 11 heteroatoms.